The predicted molar refractivity (Wildman–Crippen MR) is 74.5 cm³/mol. The highest BCUT2D eigenvalue weighted by molar-refractivity contribution is 6.36. The number of fused-ring (bicyclic) bond motifs is 1. The molecular formula is C13H6Cl3NO. The summed E-state index contributed by atoms with van der Waals surface area (Å²) in [6.07, 6.45) is 0. The van der Waals surface area contributed by atoms with E-state index in [4.69, 9.17) is 39.2 Å². The number of oxazole rings is 1. The molecule has 0 aliphatic carbocycles. The highest BCUT2D eigenvalue weighted by Gasteiger charge is 2.13. The fourth-order valence-electron chi connectivity index (χ4n) is 1.69. The largest absolute Gasteiger partial charge is 0.436 e. The molecule has 2 aromatic carbocycles. The molecule has 0 aliphatic heterocycles. The van der Waals surface area contributed by atoms with E-state index in [-0.39, 0.29) is 0 Å². The number of halogens is 3. The van der Waals surface area contributed by atoms with Crippen molar-refractivity contribution >= 4 is 45.9 Å². The summed E-state index contributed by atoms with van der Waals surface area (Å²) in [5.41, 5.74) is 1.88. The average molecular weight is 299 g/mol. The molecule has 1 aromatic heterocycles. The summed E-state index contributed by atoms with van der Waals surface area (Å²) in [6.45, 7) is 0. The number of para-hydroxylation sites is 1. The molecule has 3 aromatic rings. The summed E-state index contributed by atoms with van der Waals surface area (Å²) in [5.74, 6) is 0.408. The van der Waals surface area contributed by atoms with E-state index in [9.17, 15) is 0 Å². The second-order valence-electron chi connectivity index (χ2n) is 3.73. The van der Waals surface area contributed by atoms with Crippen LogP contribution in [0.1, 0.15) is 0 Å². The second-order valence-corrected chi connectivity index (χ2v) is 4.98. The maximum atomic E-state index is 6.11. The van der Waals surface area contributed by atoms with Crippen molar-refractivity contribution in [2.24, 2.45) is 0 Å². The maximum Gasteiger partial charge on any atom is 0.228 e. The highest BCUT2D eigenvalue weighted by Crippen LogP contribution is 2.33. The van der Waals surface area contributed by atoms with Gasteiger partial charge in [0.15, 0.2) is 5.58 Å². The summed E-state index contributed by atoms with van der Waals surface area (Å²) in [6, 6.07) is 10.5. The van der Waals surface area contributed by atoms with Crippen LogP contribution in [-0.2, 0) is 0 Å². The Bertz CT molecular complexity index is 736. The molecule has 0 radical (unpaired) electrons. The monoisotopic (exact) mass is 297 g/mol. The van der Waals surface area contributed by atoms with Crippen molar-refractivity contribution in [3.63, 3.8) is 0 Å². The Labute approximate surface area is 118 Å². The van der Waals surface area contributed by atoms with Crippen LogP contribution in [0.25, 0.3) is 22.6 Å². The summed E-state index contributed by atoms with van der Waals surface area (Å²) in [4.78, 5) is 4.34. The van der Waals surface area contributed by atoms with Crippen molar-refractivity contribution < 1.29 is 4.42 Å². The predicted octanol–water partition coefficient (Wildman–Crippen LogP) is 5.46. The molecule has 0 atom stereocenters. The van der Waals surface area contributed by atoms with E-state index in [0.717, 1.165) is 0 Å². The number of rotatable bonds is 1. The van der Waals surface area contributed by atoms with E-state index >= 15 is 0 Å². The van der Waals surface area contributed by atoms with Gasteiger partial charge < -0.3 is 4.42 Å². The van der Waals surface area contributed by atoms with Gasteiger partial charge in [-0.15, -0.1) is 0 Å². The van der Waals surface area contributed by atoms with Crippen molar-refractivity contribution in [2.45, 2.75) is 0 Å². The van der Waals surface area contributed by atoms with E-state index < -0.39 is 0 Å². The standard InChI is InChI=1S/C13H6Cl3NO/c14-7-4-5-9(15)8(6-7)13-17-12-10(16)2-1-3-11(12)18-13/h1-6H. The minimum absolute atomic E-state index is 0.408. The van der Waals surface area contributed by atoms with Crippen LogP contribution in [0.15, 0.2) is 40.8 Å². The number of aromatic nitrogens is 1. The molecule has 3 rings (SSSR count). The van der Waals surface area contributed by atoms with Gasteiger partial charge >= 0.3 is 0 Å². The van der Waals surface area contributed by atoms with E-state index in [1.165, 1.54) is 0 Å². The number of nitrogens with zero attached hydrogens (tertiary/aromatic N) is 1. The van der Waals surface area contributed by atoms with E-state index in [0.29, 0.717) is 37.6 Å². The van der Waals surface area contributed by atoms with Crippen molar-refractivity contribution in [1.29, 1.82) is 0 Å². The molecule has 0 N–H and O–H groups in total. The Morgan fingerprint density at radius 1 is 0.944 bits per heavy atom. The molecule has 5 heteroatoms. The van der Waals surface area contributed by atoms with Crippen molar-refractivity contribution in [2.75, 3.05) is 0 Å². The zero-order valence-electron chi connectivity index (χ0n) is 8.95. The van der Waals surface area contributed by atoms with Crippen molar-refractivity contribution in [1.82, 2.24) is 4.98 Å². The van der Waals surface area contributed by atoms with Crippen LogP contribution in [0.3, 0.4) is 0 Å². The third kappa shape index (κ3) is 1.97. The van der Waals surface area contributed by atoms with Gasteiger partial charge in [-0.25, -0.2) is 4.98 Å². The lowest BCUT2D eigenvalue weighted by Gasteiger charge is -1.99. The lowest BCUT2D eigenvalue weighted by Crippen LogP contribution is -1.79. The molecular weight excluding hydrogens is 293 g/mol. The lowest BCUT2D eigenvalue weighted by atomic mass is 10.2. The molecule has 0 fully saturated rings. The first-order chi connectivity index (χ1) is 8.65. The third-order valence-corrected chi connectivity index (χ3v) is 3.40. The van der Waals surface area contributed by atoms with Gasteiger partial charge in [0.05, 0.1) is 15.6 Å². The normalized spacial score (nSPS) is 11.1. The fraction of sp³-hybridized carbons (Fsp3) is 0. The van der Waals surface area contributed by atoms with E-state index in [2.05, 4.69) is 4.98 Å². The Balaban J connectivity index is 2.26. The molecule has 0 aliphatic rings. The maximum absolute atomic E-state index is 6.11. The van der Waals surface area contributed by atoms with Gasteiger partial charge in [0.2, 0.25) is 5.89 Å². The molecule has 0 bridgehead atoms. The molecule has 2 nitrogen and oxygen atoms in total. The minimum Gasteiger partial charge on any atom is -0.436 e. The van der Waals surface area contributed by atoms with Crippen LogP contribution in [-0.4, -0.2) is 4.98 Å². The molecule has 0 saturated carbocycles. The number of benzene rings is 2. The van der Waals surface area contributed by atoms with Crippen LogP contribution in [0.4, 0.5) is 0 Å². The number of hydrogen-bond acceptors (Lipinski definition) is 2. The zero-order valence-corrected chi connectivity index (χ0v) is 11.2. The summed E-state index contributed by atoms with van der Waals surface area (Å²) in [5, 5.41) is 1.64. The first-order valence-corrected chi connectivity index (χ1v) is 6.29. The molecule has 1 heterocycles. The van der Waals surface area contributed by atoms with Crippen molar-refractivity contribution in [3.8, 4) is 11.5 Å². The Morgan fingerprint density at radius 2 is 1.78 bits per heavy atom. The van der Waals surface area contributed by atoms with Gasteiger partial charge in [-0.2, -0.15) is 0 Å². The summed E-state index contributed by atoms with van der Waals surface area (Å²) < 4.78 is 5.63. The second kappa shape index (κ2) is 4.47. The Hall–Kier alpha value is -1.22. The smallest absolute Gasteiger partial charge is 0.228 e. The lowest BCUT2D eigenvalue weighted by molar-refractivity contribution is 0.620. The first-order valence-electron chi connectivity index (χ1n) is 5.15. The zero-order chi connectivity index (χ0) is 12.7. The third-order valence-electron chi connectivity index (χ3n) is 2.53. The van der Waals surface area contributed by atoms with Gasteiger partial charge in [-0.3, -0.25) is 0 Å². The highest BCUT2D eigenvalue weighted by atomic mass is 35.5. The van der Waals surface area contributed by atoms with Crippen LogP contribution >= 0.6 is 34.8 Å². The topological polar surface area (TPSA) is 26.0 Å². The quantitative estimate of drug-likeness (QED) is 0.596. The molecule has 18 heavy (non-hydrogen) atoms. The van der Waals surface area contributed by atoms with Gasteiger partial charge in [-0.05, 0) is 30.3 Å². The molecule has 90 valence electrons. The van der Waals surface area contributed by atoms with Crippen LogP contribution in [0.5, 0.6) is 0 Å². The van der Waals surface area contributed by atoms with Gasteiger partial charge in [0.25, 0.3) is 0 Å². The molecule has 0 saturated heterocycles. The summed E-state index contributed by atoms with van der Waals surface area (Å²) >= 11 is 18.1. The number of hydrogen-bond donors (Lipinski definition) is 0. The molecule has 0 unspecified atom stereocenters. The van der Waals surface area contributed by atoms with Crippen LogP contribution in [0.2, 0.25) is 15.1 Å². The van der Waals surface area contributed by atoms with E-state index in [1.807, 2.05) is 0 Å². The van der Waals surface area contributed by atoms with Gasteiger partial charge in [-0.1, -0.05) is 40.9 Å². The first kappa shape index (κ1) is 11.8. The Kier molecular flexibility index (Phi) is 2.94. The average Bonchev–Trinajstić information content (AvgIpc) is 2.77. The van der Waals surface area contributed by atoms with Gasteiger partial charge in [0.1, 0.15) is 5.52 Å². The molecule has 0 amide bonds. The fourth-order valence-corrected chi connectivity index (χ4v) is 2.27. The Morgan fingerprint density at radius 3 is 2.56 bits per heavy atom. The van der Waals surface area contributed by atoms with Crippen molar-refractivity contribution in [3.05, 3.63) is 51.5 Å². The van der Waals surface area contributed by atoms with Crippen LogP contribution in [0, 0.1) is 0 Å². The minimum atomic E-state index is 0.408. The van der Waals surface area contributed by atoms with E-state index in [1.54, 1.807) is 36.4 Å². The van der Waals surface area contributed by atoms with Gasteiger partial charge in [0, 0.05) is 5.02 Å². The summed E-state index contributed by atoms with van der Waals surface area (Å²) in [7, 11) is 0. The van der Waals surface area contributed by atoms with Crippen LogP contribution < -0.4 is 0 Å². The SMILES string of the molecule is Clc1ccc(Cl)c(-c2nc3c(Cl)cccc3o2)c1. The molecule has 0 spiro atoms.